The molecule has 0 aliphatic carbocycles. The summed E-state index contributed by atoms with van der Waals surface area (Å²) in [6, 6.07) is 3.87. The van der Waals surface area contributed by atoms with Gasteiger partial charge in [-0.05, 0) is 34.1 Å². The smallest absolute Gasteiger partial charge is 0.213 e. The molecule has 0 N–H and O–H groups in total. The molecule has 1 aromatic carbocycles. The SMILES string of the molecule is Cn1ncc(Cl)c1C(=O)c1ccc(F)cc1Br. The second-order valence-electron chi connectivity index (χ2n) is 3.42. The van der Waals surface area contributed by atoms with Crippen LogP contribution in [0.4, 0.5) is 4.39 Å². The molecule has 17 heavy (non-hydrogen) atoms. The maximum Gasteiger partial charge on any atom is 0.213 e. The molecule has 0 aliphatic heterocycles. The summed E-state index contributed by atoms with van der Waals surface area (Å²) >= 11 is 9.03. The Morgan fingerprint density at radius 1 is 1.53 bits per heavy atom. The molecule has 6 heteroatoms. The van der Waals surface area contributed by atoms with E-state index < -0.39 is 5.82 Å². The fraction of sp³-hybridized carbons (Fsp3) is 0.0909. The highest BCUT2D eigenvalue weighted by atomic mass is 79.9. The highest BCUT2D eigenvalue weighted by Gasteiger charge is 2.19. The van der Waals surface area contributed by atoms with Crippen LogP contribution in [0, 0.1) is 5.82 Å². The number of ketones is 1. The van der Waals surface area contributed by atoms with Gasteiger partial charge in [-0.15, -0.1) is 0 Å². The Morgan fingerprint density at radius 2 is 2.24 bits per heavy atom. The first-order chi connectivity index (χ1) is 8.00. The lowest BCUT2D eigenvalue weighted by Crippen LogP contribution is -2.09. The first-order valence-corrected chi connectivity index (χ1v) is 5.85. The van der Waals surface area contributed by atoms with Gasteiger partial charge in [0.15, 0.2) is 0 Å². The van der Waals surface area contributed by atoms with E-state index in [1.165, 1.54) is 29.1 Å². The molecule has 0 atom stereocenters. The zero-order chi connectivity index (χ0) is 12.6. The molecular formula is C11H7BrClFN2O. The van der Waals surface area contributed by atoms with Gasteiger partial charge in [0, 0.05) is 17.1 Å². The molecule has 3 nitrogen and oxygen atoms in total. The van der Waals surface area contributed by atoms with E-state index in [0.29, 0.717) is 10.0 Å². The number of hydrogen-bond donors (Lipinski definition) is 0. The Labute approximate surface area is 110 Å². The number of carbonyl (C=O) groups is 1. The Balaban J connectivity index is 2.51. The Bertz CT molecular complexity index is 578. The fourth-order valence-corrected chi connectivity index (χ4v) is 2.25. The molecule has 1 aromatic heterocycles. The highest BCUT2D eigenvalue weighted by molar-refractivity contribution is 9.10. The van der Waals surface area contributed by atoms with Gasteiger partial charge in [-0.2, -0.15) is 5.10 Å². The number of hydrogen-bond acceptors (Lipinski definition) is 2. The normalized spacial score (nSPS) is 10.6. The van der Waals surface area contributed by atoms with Gasteiger partial charge < -0.3 is 0 Å². The van der Waals surface area contributed by atoms with Crippen LogP contribution in [-0.2, 0) is 7.05 Å². The number of rotatable bonds is 2. The van der Waals surface area contributed by atoms with Crippen molar-refractivity contribution in [3.8, 4) is 0 Å². The largest absolute Gasteiger partial charge is 0.287 e. The summed E-state index contributed by atoms with van der Waals surface area (Å²) in [7, 11) is 1.62. The van der Waals surface area contributed by atoms with Crippen LogP contribution in [0.2, 0.25) is 5.02 Å². The maximum absolute atomic E-state index is 12.9. The molecule has 0 radical (unpaired) electrons. The number of aromatic nitrogens is 2. The van der Waals surface area contributed by atoms with E-state index in [2.05, 4.69) is 21.0 Å². The minimum atomic E-state index is -0.412. The summed E-state index contributed by atoms with van der Waals surface area (Å²) in [5, 5.41) is 4.16. The van der Waals surface area contributed by atoms with Crippen molar-refractivity contribution < 1.29 is 9.18 Å². The van der Waals surface area contributed by atoms with Gasteiger partial charge in [0.25, 0.3) is 0 Å². The van der Waals surface area contributed by atoms with E-state index in [4.69, 9.17) is 11.6 Å². The quantitative estimate of drug-likeness (QED) is 0.797. The number of nitrogens with zero attached hydrogens (tertiary/aromatic N) is 2. The van der Waals surface area contributed by atoms with Crippen LogP contribution in [0.3, 0.4) is 0 Å². The van der Waals surface area contributed by atoms with Crippen molar-refractivity contribution in [3.63, 3.8) is 0 Å². The average molecular weight is 318 g/mol. The molecule has 0 unspecified atom stereocenters. The lowest BCUT2D eigenvalue weighted by Gasteiger charge is -2.04. The molecular weight excluding hydrogens is 310 g/mol. The molecule has 88 valence electrons. The fourth-order valence-electron chi connectivity index (χ4n) is 1.47. The van der Waals surface area contributed by atoms with Crippen LogP contribution >= 0.6 is 27.5 Å². The molecule has 0 amide bonds. The lowest BCUT2D eigenvalue weighted by molar-refractivity contribution is 0.102. The van der Waals surface area contributed by atoms with Crippen molar-refractivity contribution in [1.29, 1.82) is 0 Å². The number of carbonyl (C=O) groups excluding carboxylic acids is 1. The summed E-state index contributed by atoms with van der Waals surface area (Å²) in [6.45, 7) is 0. The molecule has 1 heterocycles. The Hall–Kier alpha value is -1.20. The molecule has 2 rings (SSSR count). The maximum atomic E-state index is 12.9. The standard InChI is InChI=1S/C11H7BrClFN2O/c1-16-10(9(13)5-15-16)11(17)7-3-2-6(14)4-8(7)12/h2-5H,1H3. The van der Waals surface area contributed by atoms with Gasteiger partial charge in [0.2, 0.25) is 5.78 Å². The monoisotopic (exact) mass is 316 g/mol. The van der Waals surface area contributed by atoms with Crippen LogP contribution < -0.4 is 0 Å². The van der Waals surface area contributed by atoms with Crippen molar-refractivity contribution in [1.82, 2.24) is 9.78 Å². The third kappa shape index (κ3) is 2.25. The predicted molar refractivity (Wildman–Crippen MR) is 65.8 cm³/mol. The van der Waals surface area contributed by atoms with Gasteiger partial charge in [-0.1, -0.05) is 11.6 Å². The third-order valence-corrected chi connectivity index (χ3v) is 3.22. The second-order valence-corrected chi connectivity index (χ2v) is 4.68. The van der Waals surface area contributed by atoms with Crippen LogP contribution in [0.15, 0.2) is 28.9 Å². The number of aryl methyl sites for hydroxylation is 1. The molecule has 0 spiro atoms. The molecule has 2 aromatic rings. The van der Waals surface area contributed by atoms with Gasteiger partial charge in [0.05, 0.1) is 11.2 Å². The van der Waals surface area contributed by atoms with Crippen molar-refractivity contribution >= 4 is 33.3 Å². The van der Waals surface area contributed by atoms with Crippen LogP contribution in [-0.4, -0.2) is 15.6 Å². The van der Waals surface area contributed by atoms with E-state index in [1.54, 1.807) is 7.05 Å². The number of halogens is 3. The first kappa shape index (κ1) is 12.3. The highest BCUT2D eigenvalue weighted by Crippen LogP contribution is 2.24. The topological polar surface area (TPSA) is 34.9 Å². The van der Waals surface area contributed by atoms with Gasteiger partial charge in [0.1, 0.15) is 11.5 Å². The van der Waals surface area contributed by atoms with Crippen molar-refractivity contribution in [2.75, 3.05) is 0 Å². The van der Waals surface area contributed by atoms with E-state index in [9.17, 15) is 9.18 Å². The molecule has 0 aliphatic rings. The second kappa shape index (κ2) is 4.58. The van der Waals surface area contributed by atoms with E-state index in [1.807, 2.05) is 0 Å². The average Bonchev–Trinajstić information content (AvgIpc) is 2.58. The minimum Gasteiger partial charge on any atom is -0.287 e. The van der Waals surface area contributed by atoms with Gasteiger partial charge in [-0.25, -0.2) is 4.39 Å². The summed E-state index contributed by atoms with van der Waals surface area (Å²) < 4.78 is 14.7. The third-order valence-electron chi connectivity index (χ3n) is 2.28. The Kier molecular flexibility index (Phi) is 3.31. The summed E-state index contributed by atoms with van der Waals surface area (Å²) in [5.41, 5.74) is 0.621. The zero-order valence-corrected chi connectivity index (χ0v) is 11.1. The van der Waals surface area contributed by atoms with E-state index in [0.717, 1.165) is 0 Å². The number of benzene rings is 1. The molecule has 0 saturated carbocycles. The summed E-state index contributed by atoms with van der Waals surface area (Å²) in [5.74, 6) is -0.716. The van der Waals surface area contributed by atoms with Gasteiger partial charge >= 0.3 is 0 Å². The van der Waals surface area contributed by atoms with E-state index in [-0.39, 0.29) is 16.5 Å². The Morgan fingerprint density at radius 3 is 2.76 bits per heavy atom. The summed E-state index contributed by atoms with van der Waals surface area (Å²) in [6.07, 6.45) is 1.40. The van der Waals surface area contributed by atoms with Gasteiger partial charge in [-0.3, -0.25) is 9.48 Å². The summed E-state index contributed by atoms with van der Waals surface area (Å²) in [4.78, 5) is 12.2. The molecule has 0 fully saturated rings. The molecule has 0 saturated heterocycles. The predicted octanol–water partition coefficient (Wildman–Crippen LogP) is 3.21. The van der Waals surface area contributed by atoms with Crippen molar-refractivity contribution in [2.45, 2.75) is 0 Å². The van der Waals surface area contributed by atoms with Crippen LogP contribution in [0.1, 0.15) is 16.1 Å². The minimum absolute atomic E-state index is 0.272. The molecule has 0 bridgehead atoms. The van der Waals surface area contributed by atoms with Crippen LogP contribution in [0.5, 0.6) is 0 Å². The van der Waals surface area contributed by atoms with Crippen molar-refractivity contribution in [2.24, 2.45) is 7.05 Å². The first-order valence-electron chi connectivity index (χ1n) is 4.68. The zero-order valence-electron chi connectivity index (χ0n) is 8.75. The lowest BCUT2D eigenvalue weighted by atomic mass is 10.1. The van der Waals surface area contributed by atoms with E-state index >= 15 is 0 Å². The van der Waals surface area contributed by atoms with Crippen LogP contribution in [0.25, 0.3) is 0 Å². The van der Waals surface area contributed by atoms with Crippen molar-refractivity contribution in [3.05, 3.63) is 51.0 Å².